The monoisotopic (exact) mass is 287 g/mol. The van der Waals surface area contributed by atoms with Gasteiger partial charge in [-0.05, 0) is 37.1 Å². The van der Waals surface area contributed by atoms with Crippen LogP contribution in [0.1, 0.15) is 18.4 Å². The summed E-state index contributed by atoms with van der Waals surface area (Å²) in [6.07, 6.45) is 2.25. The van der Waals surface area contributed by atoms with E-state index in [1.807, 2.05) is 12.1 Å². The van der Waals surface area contributed by atoms with Crippen molar-refractivity contribution < 1.29 is 0 Å². The van der Waals surface area contributed by atoms with E-state index in [2.05, 4.69) is 16.1 Å². The second-order valence-electron chi connectivity index (χ2n) is 4.78. The molecular weight excluding hydrogens is 274 g/mol. The molecule has 0 spiro atoms. The minimum Gasteiger partial charge on any atom is -0.382 e. The number of nitrogens with zero attached hydrogens (tertiary/aromatic N) is 4. The lowest BCUT2D eigenvalue weighted by atomic mass is 10.3. The van der Waals surface area contributed by atoms with Crippen LogP contribution in [-0.4, -0.2) is 22.9 Å². The van der Waals surface area contributed by atoms with Crippen LogP contribution in [-0.2, 0) is 0 Å². The summed E-state index contributed by atoms with van der Waals surface area (Å²) in [6, 6.07) is 9.39. The summed E-state index contributed by atoms with van der Waals surface area (Å²) in [7, 11) is 0. The van der Waals surface area contributed by atoms with Gasteiger partial charge in [-0.2, -0.15) is 5.26 Å². The summed E-state index contributed by atoms with van der Waals surface area (Å²) in [6.45, 7) is 1.84. The van der Waals surface area contributed by atoms with Crippen LogP contribution in [0.3, 0.4) is 0 Å². The predicted molar refractivity (Wildman–Crippen MR) is 79.1 cm³/mol. The van der Waals surface area contributed by atoms with E-state index in [1.54, 1.807) is 16.8 Å². The van der Waals surface area contributed by atoms with Gasteiger partial charge in [-0.25, -0.2) is 4.68 Å². The SMILES string of the molecule is N#Cc1c(N2CCCC2)nn(-c2ccc(Cl)cc2)c1N. The smallest absolute Gasteiger partial charge is 0.171 e. The summed E-state index contributed by atoms with van der Waals surface area (Å²) < 4.78 is 1.60. The first-order chi connectivity index (χ1) is 9.70. The van der Waals surface area contributed by atoms with Crippen LogP contribution in [0.25, 0.3) is 5.69 Å². The second kappa shape index (κ2) is 5.06. The van der Waals surface area contributed by atoms with Crippen molar-refractivity contribution in [3.63, 3.8) is 0 Å². The lowest BCUT2D eigenvalue weighted by Crippen LogP contribution is -2.19. The summed E-state index contributed by atoms with van der Waals surface area (Å²) in [5.41, 5.74) is 7.32. The lowest BCUT2D eigenvalue weighted by molar-refractivity contribution is 0.850. The molecule has 5 nitrogen and oxygen atoms in total. The Hall–Kier alpha value is -2.19. The molecule has 2 aromatic rings. The van der Waals surface area contributed by atoms with Crippen LogP contribution < -0.4 is 10.6 Å². The molecule has 0 aliphatic carbocycles. The van der Waals surface area contributed by atoms with Gasteiger partial charge in [-0.15, -0.1) is 5.10 Å². The maximum Gasteiger partial charge on any atom is 0.171 e. The third-order valence-corrected chi connectivity index (χ3v) is 3.74. The summed E-state index contributed by atoms with van der Waals surface area (Å²) in [5, 5.41) is 14.5. The first-order valence-corrected chi connectivity index (χ1v) is 6.88. The van der Waals surface area contributed by atoms with Crippen molar-refractivity contribution in [3.8, 4) is 11.8 Å². The van der Waals surface area contributed by atoms with Gasteiger partial charge in [0.15, 0.2) is 5.82 Å². The summed E-state index contributed by atoms with van der Waals surface area (Å²) >= 11 is 5.88. The Labute approximate surface area is 122 Å². The Morgan fingerprint density at radius 3 is 2.45 bits per heavy atom. The molecule has 0 radical (unpaired) electrons. The van der Waals surface area contributed by atoms with Crippen LogP contribution in [0.15, 0.2) is 24.3 Å². The predicted octanol–water partition coefficient (Wildman–Crippen LogP) is 2.58. The molecule has 2 N–H and O–H groups in total. The molecule has 1 aliphatic heterocycles. The maximum atomic E-state index is 9.33. The quantitative estimate of drug-likeness (QED) is 0.921. The zero-order chi connectivity index (χ0) is 14.1. The highest BCUT2D eigenvalue weighted by Crippen LogP contribution is 2.29. The topological polar surface area (TPSA) is 70.9 Å². The normalized spacial score (nSPS) is 14.5. The van der Waals surface area contributed by atoms with Gasteiger partial charge in [0.05, 0.1) is 5.69 Å². The van der Waals surface area contributed by atoms with Crippen molar-refractivity contribution in [2.75, 3.05) is 23.7 Å². The standard InChI is InChI=1S/C14H14ClN5/c15-10-3-5-11(6-4-10)20-13(17)12(9-16)14(18-20)19-7-1-2-8-19/h3-6H,1-2,7-8,17H2. The van der Waals surface area contributed by atoms with Crippen molar-refractivity contribution in [1.29, 1.82) is 5.26 Å². The van der Waals surface area contributed by atoms with Gasteiger partial charge in [0.2, 0.25) is 0 Å². The third-order valence-electron chi connectivity index (χ3n) is 3.49. The van der Waals surface area contributed by atoms with Gasteiger partial charge in [0, 0.05) is 18.1 Å². The molecular formula is C14H14ClN5. The number of nitrogen functional groups attached to an aromatic ring is 1. The van der Waals surface area contributed by atoms with Crippen LogP contribution >= 0.6 is 11.6 Å². The Bertz CT molecular complexity index is 662. The Kier molecular flexibility index (Phi) is 3.25. The summed E-state index contributed by atoms with van der Waals surface area (Å²) in [5.74, 6) is 1.05. The van der Waals surface area contributed by atoms with Gasteiger partial charge in [-0.1, -0.05) is 11.6 Å². The fraction of sp³-hybridized carbons (Fsp3) is 0.286. The number of rotatable bonds is 2. The van der Waals surface area contributed by atoms with E-state index in [-0.39, 0.29) is 0 Å². The highest BCUT2D eigenvalue weighted by Gasteiger charge is 2.23. The lowest BCUT2D eigenvalue weighted by Gasteiger charge is -2.13. The molecule has 1 aliphatic rings. The zero-order valence-electron chi connectivity index (χ0n) is 10.9. The molecule has 0 saturated carbocycles. The number of anilines is 2. The van der Waals surface area contributed by atoms with Crippen molar-refractivity contribution in [2.24, 2.45) is 0 Å². The third kappa shape index (κ3) is 2.08. The van der Waals surface area contributed by atoms with Gasteiger partial charge in [-0.3, -0.25) is 0 Å². The molecule has 0 atom stereocenters. The molecule has 102 valence electrons. The van der Waals surface area contributed by atoms with E-state index < -0.39 is 0 Å². The average molecular weight is 288 g/mol. The first kappa shape index (κ1) is 12.8. The molecule has 1 saturated heterocycles. The number of hydrogen-bond donors (Lipinski definition) is 1. The number of nitrogens with two attached hydrogens (primary N) is 1. The molecule has 1 aromatic heterocycles. The Balaban J connectivity index is 2.08. The number of halogens is 1. The zero-order valence-corrected chi connectivity index (χ0v) is 11.6. The van der Waals surface area contributed by atoms with E-state index >= 15 is 0 Å². The van der Waals surface area contributed by atoms with Crippen LogP contribution in [0.2, 0.25) is 5.02 Å². The van der Waals surface area contributed by atoms with E-state index in [0.29, 0.717) is 22.2 Å². The average Bonchev–Trinajstić information content (AvgIpc) is 3.07. The molecule has 0 amide bonds. The Morgan fingerprint density at radius 2 is 1.85 bits per heavy atom. The molecule has 2 heterocycles. The van der Waals surface area contributed by atoms with E-state index in [0.717, 1.165) is 31.6 Å². The van der Waals surface area contributed by atoms with Crippen LogP contribution in [0.5, 0.6) is 0 Å². The molecule has 0 bridgehead atoms. The first-order valence-electron chi connectivity index (χ1n) is 6.50. The second-order valence-corrected chi connectivity index (χ2v) is 5.21. The molecule has 0 unspecified atom stereocenters. The fourth-order valence-corrected chi connectivity index (χ4v) is 2.58. The summed E-state index contributed by atoms with van der Waals surface area (Å²) in [4.78, 5) is 2.11. The minimum absolute atomic E-state index is 0.372. The van der Waals surface area contributed by atoms with E-state index in [1.165, 1.54) is 0 Å². The largest absolute Gasteiger partial charge is 0.382 e. The Morgan fingerprint density at radius 1 is 1.20 bits per heavy atom. The van der Waals surface area contributed by atoms with Crippen molar-refractivity contribution in [2.45, 2.75) is 12.8 Å². The van der Waals surface area contributed by atoms with E-state index in [4.69, 9.17) is 17.3 Å². The number of benzene rings is 1. The minimum atomic E-state index is 0.372. The molecule has 6 heteroatoms. The number of nitriles is 1. The number of aromatic nitrogens is 2. The van der Waals surface area contributed by atoms with E-state index in [9.17, 15) is 5.26 Å². The molecule has 20 heavy (non-hydrogen) atoms. The van der Waals surface area contributed by atoms with Crippen molar-refractivity contribution >= 4 is 23.2 Å². The molecule has 1 fully saturated rings. The van der Waals surface area contributed by atoms with Crippen molar-refractivity contribution in [1.82, 2.24) is 9.78 Å². The number of hydrogen-bond acceptors (Lipinski definition) is 4. The van der Waals surface area contributed by atoms with Crippen LogP contribution in [0.4, 0.5) is 11.6 Å². The van der Waals surface area contributed by atoms with Gasteiger partial charge >= 0.3 is 0 Å². The fourth-order valence-electron chi connectivity index (χ4n) is 2.46. The van der Waals surface area contributed by atoms with Gasteiger partial charge in [0.1, 0.15) is 17.5 Å². The van der Waals surface area contributed by atoms with Gasteiger partial charge < -0.3 is 10.6 Å². The highest BCUT2D eigenvalue weighted by atomic mass is 35.5. The maximum absolute atomic E-state index is 9.33. The van der Waals surface area contributed by atoms with Crippen LogP contribution in [0, 0.1) is 11.3 Å². The van der Waals surface area contributed by atoms with Gasteiger partial charge in [0.25, 0.3) is 0 Å². The van der Waals surface area contributed by atoms with Crippen molar-refractivity contribution in [3.05, 3.63) is 34.9 Å². The highest BCUT2D eigenvalue weighted by molar-refractivity contribution is 6.30. The molecule has 1 aromatic carbocycles. The molecule has 3 rings (SSSR count).